The average Bonchev–Trinajstić information content (AvgIpc) is 2.25. The molecule has 0 saturated heterocycles. The predicted octanol–water partition coefficient (Wildman–Crippen LogP) is 2.51. The Hall–Kier alpha value is -1.73. The zero-order chi connectivity index (χ0) is 13.8. The molecule has 1 N–H and O–H groups in total. The highest BCUT2D eigenvalue weighted by molar-refractivity contribution is 6.32. The van der Waals surface area contributed by atoms with Gasteiger partial charge in [-0.2, -0.15) is 5.26 Å². The maximum Gasteiger partial charge on any atom is 0.258 e. The number of halogens is 1. The van der Waals surface area contributed by atoms with Gasteiger partial charge >= 0.3 is 0 Å². The Morgan fingerprint density at radius 2 is 2.17 bits per heavy atom. The van der Waals surface area contributed by atoms with Gasteiger partial charge in [0.2, 0.25) is 0 Å². The van der Waals surface area contributed by atoms with Crippen LogP contribution in [0, 0.1) is 11.3 Å². The number of nitrogens with one attached hydrogen (secondary N) is 1. The van der Waals surface area contributed by atoms with Crippen molar-refractivity contribution in [3.63, 3.8) is 0 Å². The summed E-state index contributed by atoms with van der Waals surface area (Å²) in [5.41, 5.74) is 0.154. The molecule has 0 aromatic heterocycles. The SMILES string of the molecule is CC(C)(C)NC(=O)COc1ccc(C#N)cc1Cl. The highest BCUT2D eigenvalue weighted by Crippen LogP contribution is 2.25. The number of hydrogen-bond donors (Lipinski definition) is 1. The maximum absolute atomic E-state index is 11.5. The Bertz CT molecular complexity index is 487. The van der Waals surface area contributed by atoms with Crippen LogP contribution in [0.5, 0.6) is 5.75 Å². The van der Waals surface area contributed by atoms with Gasteiger partial charge in [-0.15, -0.1) is 0 Å². The summed E-state index contributed by atoms with van der Waals surface area (Å²) in [7, 11) is 0. The summed E-state index contributed by atoms with van der Waals surface area (Å²) in [6.45, 7) is 5.56. The molecule has 0 atom stereocenters. The predicted molar refractivity (Wildman–Crippen MR) is 69.6 cm³/mol. The van der Waals surface area contributed by atoms with Crippen LogP contribution in [0.2, 0.25) is 5.02 Å². The quantitative estimate of drug-likeness (QED) is 0.914. The van der Waals surface area contributed by atoms with Crippen LogP contribution in [-0.2, 0) is 4.79 Å². The molecule has 0 heterocycles. The monoisotopic (exact) mass is 266 g/mol. The van der Waals surface area contributed by atoms with Gasteiger partial charge in [-0.1, -0.05) is 11.6 Å². The van der Waals surface area contributed by atoms with Gasteiger partial charge in [0.05, 0.1) is 16.7 Å². The molecule has 96 valence electrons. The van der Waals surface area contributed by atoms with Crippen LogP contribution in [0.15, 0.2) is 18.2 Å². The van der Waals surface area contributed by atoms with E-state index in [4.69, 9.17) is 21.6 Å². The number of benzene rings is 1. The van der Waals surface area contributed by atoms with E-state index in [-0.39, 0.29) is 18.1 Å². The molecule has 1 rings (SSSR count). The van der Waals surface area contributed by atoms with Crippen LogP contribution in [0.4, 0.5) is 0 Å². The van der Waals surface area contributed by atoms with Gasteiger partial charge in [-0.3, -0.25) is 4.79 Å². The molecule has 4 nitrogen and oxygen atoms in total. The normalized spacial score (nSPS) is 10.6. The lowest BCUT2D eigenvalue weighted by atomic mass is 10.1. The number of nitrogens with zero attached hydrogens (tertiary/aromatic N) is 1. The molecule has 0 radical (unpaired) electrons. The lowest BCUT2D eigenvalue weighted by Gasteiger charge is -2.20. The fourth-order valence-electron chi connectivity index (χ4n) is 1.29. The van der Waals surface area contributed by atoms with Gasteiger partial charge in [-0.05, 0) is 39.0 Å². The summed E-state index contributed by atoms with van der Waals surface area (Å²) in [4.78, 5) is 11.5. The number of hydrogen-bond acceptors (Lipinski definition) is 3. The fraction of sp³-hybridized carbons (Fsp3) is 0.385. The molecule has 1 aromatic carbocycles. The molecule has 1 aromatic rings. The highest BCUT2D eigenvalue weighted by Gasteiger charge is 2.14. The van der Waals surface area contributed by atoms with Gasteiger partial charge in [0, 0.05) is 5.54 Å². The number of carbonyl (C=O) groups excluding carboxylic acids is 1. The van der Waals surface area contributed by atoms with E-state index >= 15 is 0 Å². The van der Waals surface area contributed by atoms with Crippen molar-refractivity contribution in [2.45, 2.75) is 26.3 Å². The highest BCUT2D eigenvalue weighted by atomic mass is 35.5. The van der Waals surface area contributed by atoms with Crippen molar-refractivity contribution in [3.05, 3.63) is 28.8 Å². The molecule has 0 fully saturated rings. The first-order valence-electron chi connectivity index (χ1n) is 5.45. The van der Waals surface area contributed by atoms with E-state index in [1.165, 1.54) is 6.07 Å². The second kappa shape index (κ2) is 5.74. The Balaban J connectivity index is 2.59. The fourth-order valence-corrected chi connectivity index (χ4v) is 1.52. The first-order valence-corrected chi connectivity index (χ1v) is 5.83. The van der Waals surface area contributed by atoms with E-state index in [1.807, 2.05) is 26.8 Å². The first-order chi connectivity index (χ1) is 8.31. The zero-order valence-corrected chi connectivity index (χ0v) is 11.3. The van der Waals surface area contributed by atoms with Crippen LogP contribution in [-0.4, -0.2) is 18.1 Å². The molecule has 5 heteroatoms. The number of carbonyl (C=O) groups is 1. The molecular weight excluding hydrogens is 252 g/mol. The summed E-state index contributed by atoms with van der Waals surface area (Å²) < 4.78 is 5.29. The van der Waals surface area contributed by atoms with E-state index in [2.05, 4.69) is 5.32 Å². The van der Waals surface area contributed by atoms with Crippen molar-refractivity contribution < 1.29 is 9.53 Å². The topological polar surface area (TPSA) is 62.1 Å². The number of ether oxygens (including phenoxy) is 1. The van der Waals surface area contributed by atoms with Gasteiger partial charge in [0.1, 0.15) is 5.75 Å². The van der Waals surface area contributed by atoms with Crippen molar-refractivity contribution >= 4 is 17.5 Å². The number of amides is 1. The van der Waals surface area contributed by atoms with Crippen LogP contribution in [0.25, 0.3) is 0 Å². The summed E-state index contributed by atoms with van der Waals surface area (Å²) in [5.74, 6) is 0.169. The van der Waals surface area contributed by atoms with Crippen molar-refractivity contribution in [1.82, 2.24) is 5.32 Å². The lowest BCUT2D eigenvalue weighted by molar-refractivity contribution is -0.124. The summed E-state index contributed by atoms with van der Waals surface area (Å²) >= 11 is 5.92. The van der Waals surface area contributed by atoms with Crippen LogP contribution in [0.1, 0.15) is 26.3 Å². The third-order valence-electron chi connectivity index (χ3n) is 1.93. The first kappa shape index (κ1) is 14.3. The molecule has 1 amide bonds. The number of rotatable bonds is 3. The third kappa shape index (κ3) is 4.64. The van der Waals surface area contributed by atoms with Crippen LogP contribution < -0.4 is 10.1 Å². The molecule has 0 saturated carbocycles. The van der Waals surface area contributed by atoms with Crippen molar-refractivity contribution in [2.24, 2.45) is 0 Å². The van der Waals surface area contributed by atoms with Crippen LogP contribution >= 0.6 is 11.6 Å². The minimum Gasteiger partial charge on any atom is -0.482 e. The van der Waals surface area contributed by atoms with Gasteiger partial charge in [0.25, 0.3) is 5.91 Å². The molecule has 18 heavy (non-hydrogen) atoms. The summed E-state index contributed by atoms with van der Waals surface area (Å²) in [6, 6.07) is 6.63. The largest absolute Gasteiger partial charge is 0.482 e. The van der Waals surface area contributed by atoms with E-state index in [9.17, 15) is 4.79 Å². The summed E-state index contributed by atoms with van der Waals surface area (Å²) in [6.07, 6.45) is 0. The van der Waals surface area contributed by atoms with Gasteiger partial charge < -0.3 is 10.1 Å². The minimum atomic E-state index is -0.297. The molecule has 0 bridgehead atoms. The smallest absolute Gasteiger partial charge is 0.258 e. The average molecular weight is 267 g/mol. The van der Waals surface area contributed by atoms with E-state index < -0.39 is 0 Å². The maximum atomic E-state index is 11.5. The molecule has 0 aliphatic rings. The molecule has 0 aliphatic heterocycles. The standard InChI is InChI=1S/C13H15ClN2O2/c1-13(2,3)16-12(17)8-18-11-5-4-9(7-15)6-10(11)14/h4-6H,8H2,1-3H3,(H,16,17). The van der Waals surface area contributed by atoms with Crippen molar-refractivity contribution in [2.75, 3.05) is 6.61 Å². The second-order valence-electron chi connectivity index (χ2n) is 4.84. The molecule has 0 aliphatic carbocycles. The van der Waals surface area contributed by atoms with E-state index in [0.717, 1.165) is 0 Å². The van der Waals surface area contributed by atoms with Gasteiger partial charge in [0.15, 0.2) is 6.61 Å². The van der Waals surface area contributed by atoms with Crippen LogP contribution in [0.3, 0.4) is 0 Å². The molecular formula is C13H15ClN2O2. The molecule has 0 spiro atoms. The summed E-state index contributed by atoms with van der Waals surface area (Å²) in [5, 5.41) is 11.8. The lowest BCUT2D eigenvalue weighted by Crippen LogP contribution is -2.43. The Kier molecular flexibility index (Phi) is 4.57. The van der Waals surface area contributed by atoms with E-state index in [0.29, 0.717) is 16.3 Å². The Labute approximate surface area is 112 Å². The number of nitriles is 1. The zero-order valence-electron chi connectivity index (χ0n) is 10.6. The van der Waals surface area contributed by atoms with Crippen molar-refractivity contribution in [1.29, 1.82) is 5.26 Å². The third-order valence-corrected chi connectivity index (χ3v) is 2.23. The van der Waals surface area contributed by atoms with Crippen molar-refractivity contribution in [3.8, 4) is 11.8 Å². The van der Waals surface area contributed by atoms with Gasteiger partial charge in [-0.25, -0.2) is 0 Å². The van der Waals surface area contributed by atoms with E-state index in [1.54, 1.807) is 12.1 Å². The Morgan fingerprint density at radius 1 is 1.50 bits per heavy atom. The molecule has 0 unspecified atom stereocenters. The second-order valence-corrected chi connectivity index (χ2v) is 5.25. The minimum absolute atomic E-state index is 0.108. The Morgan fingerprint density at radius 3 is 2.67 bits per heavy atom.